The highest BCUT2D eigenvalue weighted by Crippen LogP contribution is 2.40. The van der Waals surface area contributed by atoms with Crippen molar-refractivity contribution in [3.63, 3.8) is 0 Å². The van der Waals surface area contributed by atoms with Gasteiger partial charge in [-0.25, -0.2) is 0 Å². The van der Waals surface area contributed by atoms with E-state index in [2.05, 4.69) is 4.90 Å². The molecule has 5 heteroatoms. The van der Waals surface area contributed by atoms with E-state index in [9.17, 15) is 10.0 Å². The molecular formula is C26H45N2O3-. The summed E-state index contributed by atoms with van der Waals surface area (Å²) in [4.78, 5) is 15.4. The van der Waals surface area contributed by atoms with Crippen LogP contribution in [-0.2, 0) is 4.79 Å². The number of hydrogen-bond acceptors (Lipinski definition) is 5. The Labute approximate surface area is 189 Å². The molecule has 4 fully saturated rings. The molecule has 0 aromatic carbocycles. The summed E-state index contributed by atoms with van der Waals surface area (Å²) >= 11 is 0. The van der Waals surface area contributed by atoms with Crippen LogP contribution in [0.4, 0.5) is 0 Å². The molecule has 4 rings (SSSR count). The summed E-state index contributed by atoms with van der Waals surface area (Å²) in [5, 5.41) is 20.3. The van der Waals surface area contributed by atoms with Gasteiger partial charge in [0.15, 0.2) is 0 Å². The van der Waals surface area contributed by atoms with Gasteiger partial charge in [0.05, 0.1) is 6.54 Å². The van der Waals surface area contributed by atoms with Gasteiger partial charge in [0.2, 0.25) is 0 Å². The lowest BCUT2D eigenvalue weighted by atomic mass is 9.70. The van der Waals surface area contributed by atoms with Crippen molar-refractivity contribution in [2.45, 2.75) is 109 Å². The van der Waals surface area contributed by atoms with Gasteiger partial charge in [-0.15, -0.1) is 0 Å². The van der Waals surface area contributed by atoms with E-state index in [0.717, 1.165) is 69.4 Å². The van der Waals surface area contributed by atoms with E-state index in [0.29, 0.717) is 24.2 Å². The molecule has 1 aliphatic heterocycles. The quantitative estimate of drug-likeness (QED) is 0.515. The number of ketones is 1. The fourth-order valence-corrected chi connectivity index (χ4v) is 7.32. The van der Waals surface area contributed by atoms with E-state index >= 15 is 0 Å². The fourth-order valence-electron chi connectivity index (χ4n) is 7.32. The summed E-state index contributed by atoms with van der Waals surface area (Å²) in [6, 6.07) is -0.179. The molecule has 0 bridgehead atoms. The molecule has 5 nitrogen and oxygen atoms in total. The zero-order valence-electron chi connectivity index (χ0n) is 19.6. The molecular weight excluding hydrogens is 388 g/mol. The zero-order valence-corrected chi connectivity index (χ0v) is 19.6. The number of hydrogen-bond donors (Lipinski definition) is 1. The second-order valence-electron chi connectivity index (χ2n) is 11.4. The van der Waals surface area contributed by atoms with Crippen molar-refractivity contribution in [2.24, 2.45) is 29.6 Å². The average molecular weight is 434 g/mol. The molecule has 1 heterocycles. The van der Waals surface area contributed by atoms with E-state index in [1.807, 2.05) is 0 Å². The van der Waals surface area contributed by atoms with Crippen LogP contribution < -0.4 is 0 Å². The predicted molar refractivity (Wildman–Crippen MR) is 124 cm³/mol. The van der Waals surface area contributed by atoms with Gasteiger partial charge in [0, 0.05) is 12.0 Å². The number of piperidine rings is 1. The van der Waals surface area contributed by atoms with Crippen LogP contribution in [0.15, 0.2) is 0 Å². The Bertz CT molecular complexity index is 539. The Hall–Kier alpha value is -0.490. The Morgan fingerprint density at radius 2 is 1.35 bits per heavy atom. The number of carbonyl (C=O) groups is 1. The molecule has 0 aromatic rings. The van der Waals surface area contributed by atoms with Gasteiger partial charge in [0.25, 0.3) is 0 Å². The van der Waals surface area contributed by atoms with Gasteiger partial charge in [-0.1, -0.05) is 32.1 Å². The third-order valence-corrected chi connectivity index (χ3v) is 9.43. The molecule has 178 valence electrons. The first-order valence-corrected chi connectivity index (χ1v) is 13.5. The van der Waals surface area contributed by atoms with Crippen molar-refractivity contribution in [3.8, 4) is 0 Å². The van der Waals surface area contributed by atoms with Crippen LogP contribution in [0.1, 0.15) is 103 Å². The van der Waals surface area contributed by atoms with Crippen molar-refractivity contribution in [1.82, 2.24) is 10.1 Å². The molecule has 3 saturated carbocycles. The molecule has 0 radical (unpaired) electrons. The van der Waals surface area contributed by atoms with E-state index < -0.39 is 0 Å². The van der Waals surface area contributed by atoms with E-state index in [1.54, 1.807) is 0 Å². The van der Waals surface area contributed by atoms with Crippen LogP contribution in [0, 0.1) is 34.8 Å². The van der Waals surface area contributed by atoms with Crippen molar-refractivity contribution in [1.29, 1.82) is 0 Å². The maximum absolute atomic E-state index is 12.9. The molecule has 31 heavy (non-hydrogen) atoms. The minimum Gasteiger partial charge on any atom is -0.762 e. The van der Waals surface area contributed by atoms with E-state index in [1.165, 1.54) is 64.2 Å². The van der Waals surface area contributed by atoms with Crippen molar-refractivity contribution in [2.75, 3.05) is 19.6 Å². The molecule has 0 amide bonds. The normalized spacial score (nSPS) is 34.8. The van der Waals surface area contributed by atoms with Crippen molar-refractivity contribution >= 4 is 5.78 Å². The third kappa shape index (κ3) is 6.75. The van der Waals surface area contributed by atoms with Crippen LogP contribution in [0.3, 0.4) is 0 Å². The maximum atomic E-state index is 12.9. The Morgan fingerprint density at radius 3 is 1.97 bits per heavy atom. The minimum absolute atomic E-state index is 0.175. The standard InChI is InChI=1S/C26H45N2O3/c29-26(24-10-8-23(9-11-24)22-4-2-1-3-5-22)19-27-16-14-21(15-17-27)18-20-6-12-25(13-7-20)28(30)31/h20-25,30H,1-19H2/q-1. The Balaban J connectivity index is 1.11. The highest BCUT2D eigenvalue weighted by Gasteiger charge is 2.32. The molecule has 0 spiro atoms. The van der Waals surface area contributed by atoms with Gasteiger partial charge < -0.3 is 10.4 Å². The second-order valence-corrected chi connectivity index (χ2v) is 11.4. The molecule has 0 aromatic heterocycles. The largest absolute Gasteiger partial charge is 0.762 e. The number of hydroxylamine groups is 2. The number of Topliss-reactive ketones (excluding diaryl/α,β-unsaturated/α-hetero) is 1. The summed E-state index contributed by atoms with van der Waals surface area (Å²) in [7, 11) is 0. The molecule has 3 aliphatic carbocycles. The number of rotatable bonds is 7. The van der Waals surface area contributed by atoms with E-state index in [4.69, 9.17) is 5.21 Å². The Kier molecular flexibility index (Phi) is 8.84. The smallest absolute Gasteiger partial charge is 0.149 e. The maximum Gasteiger partial charge on any atom is 0.149 e. The summed E-state index contributed by atoms with van der Waals surface area (Å²) < 4.78 is 0. The Morgan fingerprint density at radius 1 is 0.774 bits per heavy atom. The van der Waals surface area contributed by atoms with Crippen LogP contribution in [-0.4, -0.2) is 46.8 Å². The van der Waals surface area contributed by atoms with Gasteiger partial charge >= 0.3 is 0 Å². The second kappa shape index (κ2) is 11.6. The number of carbonyl (C=O) groups excluding carboxylic acids is 1. The lowest BCUT2D eigenvalue weighted by molar-refractivity contribution is -0.125. The summed E-state index contributed by atoms with van der Waals surface area (Å²) in [5.74, 6) is 4.21. The lowest BCUT2D eigenvalue weighted by Crippen LogP contribution is -2.40. The van der Waals surface area contributed by atoms with Crippen LogP contribution in [0.5, 0.6) is 0 Å². The predicted octanol–water partition coefficient (Wildman–Crippen LogP) is 5.79. The fraction of sp³-hybridized carbons (Fsp3) is 0.962. The highest BCUT2D eigenvalue weighted by atomic mass is 16.8. The van der Waals surface area contributed by atoms with Crippen molar-refractivity contribution in [3.05, 3.63) is 5.21 Å². The molecule has 1 saturated heterocycles. The molecule has 4 aliphatic rings. The third-order valence-electron chi connectivity index (χ3n) is 9.43. The average Bonchev–Trinajstić information content (AvgIpc) is 2.81. The van der Waals surface area contributed by atoms with Crippen LogP contribution in [0.25, 0.3) is 0 Å². The number of likely N-dealkylation sites (tertiary alicyclic amines) is 1. The van der Waals surface area contributed by atoms with Gasteiger partial charge in [0.1, 0.15) is 5.78 Å². The zero-order chi connectivity index (χ0) is 21.6. The van der Waals surface area contributed by atoms with Crippen LogP contribution >= 0.6 is 0 Å². The summed E-state index contributed by atoms with van der Waals surface area (Å²) in [6.45, 7) is 2.84. The molecule has 0 unspecified atom stereocenters. The van der Waals surface area contributed by atoms with Gasteiger partial charge in [-0.2, -0.15) is 0 Å². The highest BCUT2D eigenvalue weighted by molar-refractivity contribution is 5.83. The SMILES string of the molecule is O=C(CN1CCC(CC2CCC(N([O-])O)CC2)CC1)C1CCC(C2CCCCC2)CC1. The van der Waals surface area contributed by atoms with Gasteiger partial charge in [-0.05, 0) is 107 Å². The lowest BCUT2D eigenvalue weighted by Gasteiger charge is -2.39. The van der Waals surface area contributed by atoms with Gasteiger partial charge in [-0.3, -0.25) is 14.9 Å². The minimum atomic E-state index is -0.179. The van der Waals surface area contributed by atoms with E-state index in [-0.39, 0.29) is 11.3 Å². The van der Waals surface area contributed by atoms with Crippen molar-refractivity contribution < 1.29 is 10.0 Å². The molecule has 0 atom stereocenters. The number of nitrogens with zero attached hydrogens (tertiary/aromatic N) is 2. The molecule has 1 N–H and O–H groups in total. The monoisotopic (exact) mass is 433 g/mol. The summed E-state index contributed by atoms with van der Waals surface area (Å²) in [6.07, 6.45) is 19.6. The first-order valence-electron chi connectivity index (χ1n) is 13.5. The first kappa shape index (κ1) is 23.7. The van der Waals surface area contributed by atoms with Crippen LogP contribution in [0.2, 0.25) is 0 Å². The first-order chi connectivity index (χ1) is 15.1. The summed E-state index contributed by atoms with van der Waals surface area (Å²) in [5.41, 5.74) is 0. The topological polar surface area (TPSA) is 66.8 Å².